The topological polar surface area (TPSA) is 85.7 Å². The highest BCUT2D eigenvalue weighted by molar-refractivity contribution is 5.85. The van der Waals surface area contributed by atoms with Crippen LogP contribution in [0.1, 0.15) is 44.1 Å². The molecule has 7 nitrogen and oxygen atoms in total. The number of hydrogen-bond donors (Lipinski definition) is 1. The summed E-state index contributed by atoms with van der Waals surface area (Å²) < 4.78 is 5.27. The highest BCUT2D eigenvalue weighted by Crippen LogP contribution is 2.27. The number of hydrazine groups is 1. The Bertz CT molecular complexity index is 653. The summed E-state index contributed by atoms with van der Waals surface area (Å²) in [5.74, 6) is 0.0733. The lowest BCUT2D eigenvalue weighted by Gasteiger charge is -2.31. The number of benzene rings is 1. The van der Waals surface area contributed by atoms with Gasteiger partial charge < -0.3 is 10.1 Å². The van der Waals surface area contributed by atoms with E-state index < -0.39 is 12.1 Å². The minimum atomic E-state index is -0.711. The molecule has 1 aromatic rings. The van der Waals surface area contributed by atoms with Gasteiger partial charge in [-0.1, -0.05) is 62.4 Å². The van der Waals surface area contributed by atoms with Crippen LogP contribution >= 0.6 is 0 Å². The van der Waals surface area contributed by atoms with Crippen molar-refractivity contribution in [1.29, 1.82) is 5.26 Å². The number of amides is 2. The second kappa shape index (κ2) is 10.4. The van der Waals surface area contributed by atoms with E-state index in [1.54, 1.807) is 0 Å². The molecule has 0 bridgehead atoms. The lowest BCUT2D eigenvalue weighted by atomic mass is 9.84. The van der Waals surface area contributed by atoms with Crippen LogP contribution in [0.2, 0.25) is 0 Å². The summed E-state index contributed by atoms with van der Waals surface area (Å²) in [5.41, 5.74) is 0.879. The first kappa shape index (κ1) is 20.6. The third-order valence-electron chi connectivity index (χ3n) is 5.01. The van der Waals surface area contributed by atoms with Gasteiger partial charge in [-0.15, -0.1) is 0 Å². The number of nitrogens with one attached hydrogen (secondary N) is 1. The summed E-state index contributed by atoms with van der Waals surface area (Å²) in [4.78, 5) is 25.0. The highest BCUT2D eigenvalue weighted by atomic mass is 16.5. The molecule has 1 atom stereocenters. The van der Waals surface area contributed by atoms with Crippen molar-refractivity contribution < 1.29 is 14.3 Å². The molecule has 0 saturated heterocycles. The number of likely N-dealkylation sites (N-methyl/N-ethyl adjacent to an activating group) is 1. The van der Waals surface area contributed by atoms with Crippen LogP contribution in [-0.4, -0.2) is 42.2 Å². The molecular formula is C20H28N4O3. The zero-order chi connectivity index (χ0) is 19.6. The van der Waals surface area contributed by atoms with E-state index in [9.17, 15) is 9.59 Å². The Morgan fingerprint density at radius 3 is 2.52 bits per heavy atom. The highest BCUT2D eigenvalue weighted by Gasteiger charge is 2.29. The van der Waals surface area contributed by atoms with Crippen LogP contribution in [0.3, 0.4) is 0 Å². The number of carbonyl (C=O) groups is 2. The zero-order valence-electron chi connectivity index (χ0n) is 16.1. The molecule has 27 heavy (non-hydrogen) atoms. The van der Waals surface area contributed by atoms with Crippen molar-refractivity contribution in [3.63, 3.8) is 0 Å². The smallest absolute Gasteiger partial charge is 0.408 e. The SMILES string of the molecule is CN(C#N)N(C)C(=O)[C@H](CC1CCCCC1)NC(=O)OCc1ccccc1. The van der Waals surface area contributed by atoms with E-state index in [2.05, 4.69) is 5.32 Å². The average molecular weight is 372 g/mol. The zero-order valence-corrected chi connectivity index (χ0v) is 16.1. The van der Waals surface area contributed by atoms with Crippen LogP contribution in [0, 0.1) is 17.4 Å². The fourth-order valence-corrected chi connectivity index (χ4v) is 3.33. The molecule has 146 valence electrons. The maximum atomic E-state index is 12.8. The van der Waals surface area contributed by atoms with Crippen molar-refractivity contribution in [2.45, 2.75) is 51.2 Å². The van der Waals surface area contributed by atoms with E-state index in [0.29, 0.717) is 12.3 Å². The summed E-state index contributed by atoms with van der Waals surface area (Å²) >= 11 is 0. The molecule has 1 aromatic carbocycles. The Kier molecular flexibility index (Phi) is 7.93. The molecule has 0 aliphatic heterocycles. The fraction of sp³-hybridized carbons (Fsp3) is 0.550. The van der Waals surface area contributed by atoms with Crippen molar-refractivity contribution in [2.24, 2.45) is 5.92 Å². The number of alkyl carbamates (subject to hydrolysis) is 1. The number of rotatable bonds is 7. The van der Waals surface area contributed by atoms with Crippen molar-refractivity contribution in [3.8, 4) is 6.19 Å². The number of carbonyl (C=O) groups excluding carboxylic acids is 2. The summed E-state index contributed by atoms with van der Waals surface area (Å²) in [5, 5.41) is 14.1. The lowest BCUT2D eigenvalue weighted by Crippen LogP contribution is -2.51. The lowest BCUT2D eigenvalue weighted by molar-refractivity contribution is -0.142. The van der Waals surface area contributed by atoms with Gasteiger partial charge in [0, 0.05) is 14.1 Å². The van der Waals surface area contributed by atoms with Crippen molar-refractivity contribution >= 4 is 12.0 Å². The van der Waals surface area contributed by atoms with Gasteiger partial charge in [0.2, 0.25) is 0 Å². The molecule has 1 N–H and O–H groups in total. The Balaban J connectivity index is 1.98. The Hall–Kier alpha value is -2.75. The second-order valence-electron chi connectivity index (χ2n) is 6.98. The average Bonchev–Trinajstić information content (AvgIpc) is 2.71. The van der Waals surface area contributed by atoms with Gasteiger partial charge in [0.25, 0.3) is 5.91 Å². The van der Waals surface area contributed by atoms with Gasteiger partial charge in [0.05, 0.1) is 0 Å². The summed E-state index contributed by atoms with van der Waals surface area (Å²) in [6.45, 7) is 0.144. The quantitative estimate of drug-likeness (QED) is 0.452. The van der Waals surface area contributed by atoms with Gasteiger partial charge in [-0.25, -0.2) is 14.8 Å². The second-order valence-corrected chi connectivity index (χ2v) is 6.98. The molecule has 0 aromatic heterocycles. The Labute approximate surface area is 160 Å². The monoisotopic (exact) mass is 372 g/mol. The Morgan fingerprint density at radius 2 is 1.89 bits per heavy atom. The molecule has 1 aliphatic rings. The maximum Gasteiger partial charge on any atom is 0.408 e. The third kappa shape index (κ3) is 6.48. The molecule has 1 fully saturated rings. The molecule has 2 rings (SSSR count). The van der Waals surface area contributed by atoms with Crippen molar-refractivity contribution in [1.82, 2.24) is 15.3 Å². The van der Waals surface area contributed by atoms with E-state index >= 15 is 0 Å². The standard InChI is InChI=1S/C20H28N4O3/c1-23(15-21)24(2)19(25)18(13-16-9-5-3-6-10-16)22-20(26)27-14-17-11-7-4-8-12-17/h4,7-8,11-12,16,18H,3,5-6,9-10,13-14H2,1-2H3,(H,22,26)/t18-/m0/s1. The first-order valence-corrected chi connectivity index (χ1v) is 9.39. The molecule has 0 unspecified atom stereocenters. The van der Waals surface area contributed by atoms with Crippen LogP contribution < -0.4 is 5.32 Å². The first-order valence-electron chi connectivity index (χ1n) is 9.39. The molecular weight excluding hydrogens is 344 g/mol. The number of hydrogen-bond acceptors (Lipinski definition) is 5. The summed E-state index contributed by atoms with van der Waals surface area (Å²) in [7, 11) is 3.03. The summed E-state index contributed by atoms with van der Waals surface area (Å²) in [6, 6.07) is 8.67. The van der Waals surface area contributed by atoms with Gasteiger partial charge in [-0.3, -0.25) is 4.79 Å². The minimum absolute atomic E-state index is 0.144. The molecule has 1 aliphatic carbocycles. The largest absolute Gasteiger partial charge is 0.445 e. The Morgan fingerprint density at radius 1 is 1.22 bits per heavy atom. The molecule has 2 amide bonds. The minimum Gasteiger partial charge on any atom is -0.445 e. The molecule has 0 heterocycles. The van der Waals surface area contributed by atoms with Gasteiger partial charge in [0.15, 0.2) is 6.19 Å². The fourth-order valence-electron chi connectivity index (χ4n) is 3.33. The van der Waals surface area contributed by atoms with E-state index in [1.807, 2.05) is 36.5 Å². The first-order chi connectivity index (χ1) is 13.0. The summed E-state index contributed by atoms with van der Waals surface area (Å²) in [6.07, 6.45) is 7.47. The van der Waals surface area contributed by atoms with E-state index in [-0.39, 0.29) is 12.5 Å². The van der Waals surface area contributed by atoms with Crippen LogP contribution in [0.15, 0.2) is 30.3 Å². The van der Waals surface area contributed by atoms with Gasteiger partial charge in [-0.05, 0) is 17.9 Å². The van der Waals surface area contributed by atoms with Gasteiger partial charge >= 0.3 is 6.09 Å². The van der Waals surface area contributed by atoms with Crippen LogP contribution in [-0.2, 0) is 16.1 Å². The normalized spacial score (nSPS) is 15.3. The molecule has 0 spiro atoms. The molecule has 7 heteroatoms. The molecule has 1 saturated carbocycles. The number of nitriles is 1. The predicted molar refractivity (Wildman–Crippen MR) is 101 cm³/mol. The van der Waals surface area contributed by atoms with Crippen molar-refractivity contribution in [3.05, 3.63) is 35.9 Å². The van der Waals surface area contributed by atoms with Crippen molar-refractivity contribution in [2.75, 3.05) is 14.1 Å². The van der Waals surface area contributed by atoms with Crippen LogP contribution in [0.5, 0.6) is 0 Å². The number of ether oxygens (including phenoxy) is 1. The van der Waals surface area contributed by atoms with Crippen LogP contribution in [0.25, 0.3) is 0 Å². The third-order valence-corrected chi connectivity index (χ3v) is 5.01. The van der Waals surface area contributed by atoms with Gasteiger partial charge in [-0.2, -0.15) is 5.26 Å². The molecule has 0 radical (unpaired) electrons. The van der Waals surface area contributed by atoms with E-state index in [0.717, 1.165) is 36.3 Å². The van der Waals surface area contributed by atoms with Crippen LogP contribution in [0.4, 0.5) is 4.79 Å². The van der Waals surface area contributed by atoms with Gasteiger partial charge in [0.1, 0.15) is 12.6 Å². The number of nitrogens with zero attached hydrogens (tertiary/aromatic N) is 3. The maximum absolute atomic E-state index is 12.8. The van der Waals surface area contributed by atoms with E-state index in [4.69, 9.17) is 10.00 Å². The van der Waals surface area contributed by atoms with E-state index in [1.165, 1.54) is 25.5 Å². The predicted octanol–water partition coefficient (Wildman–Crippen LogP) is 3.04.